The zero-order valence-corrected chi connectivity index (χ0v) is 15.4. The average Bonchev–Trinajstić information content (AvgIpc) is 2.63. The Balaban J connectivity index is 1.56. The van der Waals surface area contributed by atoms with E-state index in [1.807, 2.05) is 0 Å². The van der Waals surface area contributed by atoms with Gasteiger partial charge in [0.2, 0.25) is 0 Å². The van der Waals surface area contributed by atoms with Gasteiger partial charge in [-0.15, -0.1) is 0 Å². The quantitative estimate of drug-likeness (QED) is 0.643. The van der Waals surface area contributed by atoms with Gasteiger partial charge in [0.1, 0.15) is 0 Å². The molecular weight excluding hydrogens is 292 g/mol. The van der Waals surface area contributed by atoms with E-state index in [9.17, 15) is 0 Å². The van der Waals surface area contributed by atoms with Gasteiger partial charge < -0.3 is 10.6 Å². The molecule has 1 aliphatic carbocycles. The van der Waals surface area contributed by atoms with Gasteiger partial charge >= 0.3 is 0 Å². The van der Waals surface area contributed by atoms with Crippen molar-refractivity contribution in [3.8, 4) is 0 Å². The maximum Gasteiger partial charge on any atom is 0.0205 e. The first-order valence-corrected chi connectivity index (χ1v) is 9.55. The van der Waals surface area contributed by atoms with Crippen molar-refractivity contribution in [2.24, 2.45) is 11.8 Å². The van der Waals surface area contributed by atoms with E-state index in [0.29, 0.717) is 0 Å². The highest BCUT2D eigenvalue weighted by molar-refractivity contribution is 5.18. The van der Waals surface area contributed by atoms with Crippen LogP contribution in [0.1, 0.15) is 45.1 Å². The van der Waals surface area contributed by atoms with Crippen molar-refractivity contribution in [1.82, 2.24) is 10.6 Å². The van der Waals surface area contributed by atoms with Gasteiger partial charge in [0.15, 0.2) is 0 Å². The number of rotatable bonds is 9. The van der Waals surface area contributed by atoms with Gasteiger partial charge in [-0.2, -0.15) is 0 Å². The number of hydrogen-bond donors (Lipinski definition) is 2. The van der Waals surface area contributed by atoms with Crippen LogP contribution in [0.3, 0.4) is 0 Å². The van der Waals surface area contributed by atoms with Crippen molar-refractivity contribution in [2.75, 3.05) is 19.6 Å². The summed E-state index contributed by atoms with van der Waals surface area (Å²) >= 11 is 0. The third-order valence-electron chi connectivity index (χ3n) is 5.08. The zero-order chi connectivity index (χ0) is 17.0. The minimum Gasteiger partial charge on any atom is -0.312 e. The molecular formula is C22H34N2. The summed E-state index contributed by atoms with van der Waals surface area (Å²) < 4.78 is 0. The largest absolute Gasteiger partial charge is 0.312 e. The third-order valence-corrected chi connectivity index (χ3v) is 5.08. The molecule has 2 rings (SSSR count). The summed E-state index contributed by atoms with van der Waals surface area (Å²) in [4.78, 5) is 0. The molecule has 1 aromatic carbocycles. The molecule has 0 amide bonds. The van der Waals surface area contributed by atoms with Crippen molar-refractivity contribution in [3.05, 3.63) is 59.7 Å². The Morgan fingerprint density at radius 2 is 1.58 bits per heavy atom. The van der Waals surface area contributed by atoms with E-state index in [1.165, 1.54) is 49.9 Å². The standard InChI is InChI=1S/C22H34N2/c1-3-8-19(4-2)15-23-17-21-11-13-22(14-12-21)18-24-16-20-9-6-5-7-10-20/h3-10,21-24H,11-18H2,1-2H3/b8-3-,19-4+/t21-,22-. The Kier molecular flexibility index (Phi) is 8.86. The first kappa shape index (κ1) is 19.0. The average molecular weight is 327 g/mol. The molecule has 24 heavy (non-hydrogen) atoms. The zero-order valence-electron chi connectivity index (χ0n) is 15.4. The molecule has 0 radical (unpaired) electrons. The fourth-order valence-corrected chi connectivity index (χ4v) is 3.55. The van der Waals surface area contributed by atoms with Gasteiger partial charge in [0.05, 0.1) is 0 Å². The number of allylic oxidation sites excluding steroid dienone is 2. The van der Waals surface area contributed by atoms with E-state index in [-0.39, 0.29) is 0 Å². The molecule has 0 unspecified atom stereocenters. The van der Waals surface area contributed by atoms with Crippen LogP contribution in [0.4, 0.5) is 0 Å². The van der Waals surface area contributed by atoms with Crippen LogP contribution in [-0.4, -0.2) is 19.6 Å². The summed E-state index contributed by atoms with van der Waals surface area (Å²) in [5, 5.41) is 7.27. The minimum absolute atomic E-state index is 0.860. The predicted molar refractivity (Wildman–Crippen MR) is 105 cm³/mol. The summed E-state index contributed by atoms with van der Waals surface area (Å²) in [6, 6.07) is 10.7. The first-order valence-electron chi connectivity index (χ1n) is 9.55. The molecule has 0 spiro atoms. The summed E-state index contributed by atoms with van der Waals surface area (Å²) in [6.45, 7) is 8.53. The van der Waals surface area contributed by atoms with Crippen molar-refractivity contribution in [2.45, 2.75) is 46.1 Å². The van der Waals surface area contributed by atoms with Crippen molar-refractivity contribution >= 4 is 0 Å². The van der Waals surface area contributed by atoms with Crippen LogP contribution in [0.25, 0.3) is 0 Å². The monoisotopic (exact) mass is 326 g/mol. The first-order chi connectivity index (χ1) is 11.8. The third kappa shape index (κ3) is 7.02. The van der Waals surface area contributed by atoms with Gasteiger partial charge in [-0.1, -0.05) is 48.6 Å². The molecule has 2 N–H and O–H groups in total. The maximum absolute atomic E-state index is 3.64. The molecule has 0 saturated heterocycles. The smallest absolute Gasteiger partial charge is 0.0205 e. The molecule has 2 nitrogen and oxygen atoms in total. The van der Waals surface area contributed by atoms with E-state index in [0.717, 1.165) is 24.9 Å². The molecule has 1 aliphatic rings. The van der Waals surface area contributed by atoms with E-state index in [2.05, 4.69) is 73.0 Å². The van der Waals surface area contributed by atoms with Crippen LogP contribution in [0, 0.1) is 11.8 Å². The second-order valence-corrected chi connectivity index (χ2v) is 7.00. The van der Waals surface area contributed by atoms with Crippen molar-refractivity contribution in [1.29, 1.82) is 0 Å². The Morgan fingerprint density at radius 1 is 0.958 bits per heavy atom. The predicted octanol–water partition coefficient (Wildman–Crippen LogP) is 4.69. The molecule has 2 heteroatoms. The second kappa shape index (κ2) is 11.2. The fraction of sp³-hybridized carbons (Fsp3) is 0.545. The second-order valence-electron chi connectivity index (χ2n) is 7.00. The number of nitrogens with one attached hydrogen (secondary N) is 2. The van der Waals surface area contributed by atoms with Crippen LogP contribution in [-0.2, 0) is 6.54 Å². The number of hydrogen-bond acceptors (Lipinski definition) is 2. The lowest BCUT2D eigenvalue weighted by molar-refractivity contribution is 0.262. The summed E-state index contributed by atoms with van der Waals surface area (Å²) in [6.07, 6.45) is 12.0. The Labute approximate surface area is 148 Å². The van der Waals surface area contributed by atoms with Crippen LogP contribution < -0.4 is 10.6 Å². The molecule has 0 aromatic heterocycles. The van der Waals surface area contributed by atoms with Crippen LogP contribution in [0.5, 0.6) is 0 Å². The SMILES string of the molecule is C/C=C\C(=C/C)CNC[C@H]1CC[C@H](CNCc2ccccc2)CC1. The van der Waals surface area contributed by atoms with E-state index in [4.69, 9.17) is 0 Å². The lowest BCUT2D eigenvalue weighted by Gasteiger charge is -2.29. The highest BCUT2D eigenvalue weighted by Crippen LogP contribution is 2.28. The van der Waals surface area contributed by atoms with Gasteiger partial charge in [0, 0.05) is 13.1 Å². The molecule has 132 valence electrons. The van der Waals surface area contributed by atoms with Gasteiger partial charge in [-0.3, -0.25) is 0 Å². The van der Waals surface area contributed by atoms with Crippen LogP contribution in [0.15, 0.2) is 54.1 Å². The lowest BCUT2D eigenvalue weighted by Crippen LogP contribution is -2.31. The van der Waals surface area contributed by atoms with Crippen molar-refractivity contribution in [3.63, 3.8) is 0 Å². The molecule has 0 bridgehead atoms. The van der Waals surface area contributed by atoms with E-state index < -0.39 is 0 Å². The Hall–Kier alpha value is -1.38. The van der Waals surface area contributed by atoms with Crippen LogP contribution >= 0.6 is 0 Å². The summed E-state index contributed by atoms with van der Waals surface area (Å²) in [5.41, 5.74) is 2.77. The summed E-state index contributed by atoms with van der Waals surface area (Å²) in [7, 11) is 0. The van der Waals surface area contributed by atoms with E-state index >= 15 is 0 Å². The summed E-state index contributed by atoms with van der Waals surface area (Å²) in [5.74, 6) is 1.72. The van der Waals surface area contributed by atoms with Crippen molar-refractivity contribution < 1.29 is 0 Å². The molecule has 1 fully saturated rings. The molecule has 0 heterocycles. The Bertz CT molecular complexity index is 496. The van der Waals surface area contributed by atoms with Gasteiger partial charge in [0.25, 0.3) is 0 Å². The Morgan fingerprint density at radius 3 is 2.17 bits per heavy atom. The lowest BCUT2D eigenvalue weighted by atomic mass is 9.82. The number of benzene rings is 1. The van der Waals surface area contributed by atoms with E-state index in [1.54, 1.807) is 0 Å². The normalized spacial score (nSPS) is 22.2. The molecule has 0 atom stereocenters. The molecule has 1 saturated carbocycles. The molecule has 0 aliphatic heterocycles. The van der Waals surface area contributed by atoms with Crippen LogP contribution in [0.2, 0.25) is 0 Å². The maximum atomic E-state index is 3.64. The molecule has 1 aromatic rings. The van der Waals surface area contributed by atoms with Gasteiger partial charge in [-0.25, -0.2) is 0 Å². The van der Waals surface area contributed by atoms with Gasteiger partial charge in [-0.05, 0) is 75.6 Å². The fourth-order valence-electron chi connectivity index (χ4n) is 3.55. The highest BCUT2D eigenvalue weighted by Gasteiger charge is 2.20. The highest BCUT2D eigenvalue weighted by atomic mass is 14.9. The minimum atomic E-state index is 0.860. The topological polar surface area (TPSA) is 24.1 Å².